The normalized spacial score (nSPS) is 11.2. The quantitative estimate of drug-likeness (QED) is 0.631. The lowest BCUT2D eigenvalue weighted by Gasteiger charge is -2.19. The lowest BCUT2D eigenvalue weighted by Crippen LogP contribution is -2.28. The summed E-state index contributed by atoms with van der Waals surface area (Å²) in [6.07, 6.45) is 1.41. The second-order valence-electron chi connectivity index (χ2n) is 7.20. The smallest absolute Gasteiger partial charge is 0.419 e. The largest absolute Gasteiger partial charge is 0.443 e. The highest BCUT2D eigenvalue weighted by Crippen LogP contribution is 2.23. The number of nitrogens with zero attached hydrogens (tertiary/aromatic N) is 1. The Hall–Kier alpha value is -2.86. The molecule has 2 N–H and O–H groups in total. The van der Waals surface area contributed by atoms with Crippen molar-refractivity contribution in [3.8, 4) is 0 Å². The van der Waals surface area contributed by atoms with Crippen LogP contribution in [0.1, 0.15) is 26.3 Å². The Morgan fingerprint density at radius 1 is 1.07 bits per heavy atom. The first-order valence-electron chi connectivity index (χ1n) is 8.76. The van der Waals surface area contributed by atoms with Gasteiger partial charge >= 0.3 is 6.09 Å². The van der Waals surface area contributed by atoms with Crippen molar-refractivity contribution in [2.45, 2.75) is 32.9 Å². The van der Waals surface area contributed by atoms with Gasteiger partial charge in [-0.1, -0.05) is 36.4 Å². The molecule has 3 rings (SSSR count). The maximum Gasteiger partial charge on any atom is 0.419 e. The zero-order valence-electron chi connectivity index (χ0n) is 15.7. The van der Waals surface area contributed by atoms with Crippen molar-refractivity contribution in [3.05, 3.63) is 66.4 Å². The average Bonchev–Trinajstić information content (AvgIpc) is 2.98. The average molecular weight is 382 g/mol. The van der Waals surface area contributed by atoms with Crippen molar-refractivity contribution < 1.29 is 9.53 Å². The summed E-state index contributed by atoms with van der Waals surface area (Å²) in [5.41, 5.74) is 2.15. The molecule has 0 fully saturated rings. The molecule has 0 bridgehead atoms. The van der Waals surface area contributed by atoms with Crippen molar-refractivity contribution in [1.82, 2.24) is 9.88 Å². The van der Waals surface area contributed by atoms with Crippen LogP contribution < -0.4 is 10.6 Å². The maximum absolute atomic E-state index is 12.5. The number of para-hydroxylation sites is 2. The van der Waals surface area contributed by atoms with Gasteiger partial charge in [-0.2, -0.15) is 0 Å². The zero-order valence-corrected chi connectivity index (χ0v) is 16.5. The third-order valence-corrected chi connectivity index (χ3v) is 4.10. The van der Waals surface area contributed by atoms with Crippen LogP contribution in [0.2, 0.25) is 0 Å². The van der Waals surface area contributed by atoms with Crippen molar-refractivity contribution >= 4 is 40.0 Å². The summed E-state index contributed by atoms with van der Waals surface area (Å²) in [5, 5.41) is 7.85. The molecule has 1 heterocycles. The van der Waals surface area contributed by atoms with Crippen LogP contribution >= 0.6 is 12.2 Å². The zero-order chi connectivity index (χ0) is 19.4. The van der Waals surface area contributed by atoms with Crippen LogP contribution in [0, 0.1) is 0 Å². The van der Waals surface area contributed by atoms with E-state index in [1.165, 1.54) is 0 Å². The van der Waals surface area contributed by atoms with E-state index in [0.717, 1.165) is 22.2 Å². The first-order chi connectivity index (χ1) is 12.8. The number of anilines is 1. The van der Waals surface area contributed by atoms with Crippen molar-refractivity contribution in [3.63, 3.8) is 0 Å². The number of nitrogens with one attached hydrogen (secondary N) is 2. The predicted molar refractivity (Wildman–Crippen MR) is 113 cm³/mol. The van der Waals surface area contributed by atoms with E-state index in [9.17, 15) is 4.79 Å². The molecule has 1 aromatic heterocycles. The van der Waals surface area contributed by atoms with Crippen molar-refractivity contribution in [1.29, 1.82) is 0 Å². The lowest BCUT2D eigenvalue weighted by atomic mass is 10.2. The molecule has 2 aromatic carbocycles. The number of benzene rings is 2. The van der Waals surface area contributed by atoms with Gasteiger partial charge in [0.25, 0.3) is 0 Å². The van der Waals surface area contributed by atoms with Crippen LogP contribution in [0.25, 0.3) is 10.9 Å². The molecule has 0 aliphatic rings. The summed E-state index contributed by atoms with van der Waals surface area (Å²) >= 11 is 5.37. The fraction of sp³-hybridized carbons (Fsp3) is 0.238. The van der Waals surface area contributed by atoms with Gasteiger partial charge in [0.2, 0.25) is 0 Å². The van der Waals surface area contributed by atoms with Gasteiger partial charge in [-0.15, -0.1) is 0 Å². The SMILES string of the molecule is CC(C)(C)OC(=O)n1cc(CNC(=S)Nc2ccccc2)c2ccccc21. The minimum Gasteiger partial charge on any atom is -0.443 e. The van der Waals surface area contributed by atoms with Crippen LogP contribution in [0.5, 0.6) is 0 Å². The van der Waals surface area contributed by atoms with Gasteiger partial charge in [0.15, 0.2) is 5.11 Å². The Bertz CT molecular complexity index is 958. The van der Waals surface area contributed by atoms with Crippen LogP contribution in [-0.4, -0.2) is 21.4 Å². The number of ether oxygens (including phenoxy) is 1. The third-order valence-electron chi connectivity index (χ3n) is 3.86. The second kappa shape index (κ2) is 7.80. The van der Waals surface area contributed by atoms with Gasteiger partial charge in [0.05, 0.1) is 5.52 Å². The van der Waals surface area contributed by atoms with Gasteiger partial charge in [0.1, 0.15) is 5.60 Å². The van der Waals surface area contributed by atoms with Gasteiger partial charge in [-0.05, 0) is 56.8 Å². The molecule has 27 heavy (non-hydrogen) atoms. The monoisotopic (exact) mass is 381 g/mol. The summed E-state index contributed by atoms with van der Waals surface area (Å²) in [7, 11) is 0. The first kappa shape index (κ1) is 18.9. The number of fused-ring (bicyclic) bond motifs is 1. The molecule has 0 saturated carbocycles. The summed E-state index contributed by atoms with van der Waals surface area (Å²) < 4.78 is 7.06. The van der Waals surface area contributed by atoms with E-state index < -0.39 is 11.7 Å². The minimum atomic E-state index is -0.554. The molecule has 0 spiro atoms. The number of rotatable bonds is 3. The van der Waals surface area contributed by atoms with E-state index in [1.54, 1.807) is 10.8 Å². The molecule has 0 aliphatic carbocycles. The third kappa shape index (κ3) is 4.86. The Kier molecular flexibility index (Phi) is 5.46. The standard InChI is InChI=1S/C21H23N3O2S/c1-21(2,3)26-20(25)24-14-15(17-11-7-8-12-18(17)24)13-22-19(27)23-16-9-5-4-6-10-16/h4-12,14H,13H2,1-3H3,(H2,22,23,27). The fourth-order valence-electron chi connectivity index (χ4n) is 2.73. The van der Waals surface area contributed by atoms with E-state index in [1.807, 2.05) is 75.4 Å². The Labute approximate surface area is 164 Å². The minimum absolute atomic E-state index is 0.394. The van der Waals surface area contributed by atoms with Crippen molar-refractivity contribution in [2.24, 2.45) is 0 Å². The predicted octanol–water partition coefficient (Wildman–Crippen LogP) is 4.91. The number of thiocarbonyl (C=S) groups is 1. The number of hydrogen-bond donors (Lipinski definition) is 2. The van der Waals surface area contributed by atoms with Crippen LogP contribution in [-0.2, 0) is 11.3 Å². The maximum atomic E-state index is 12.5. The Morgan fingerprint density at radius 2 is 1.74 bits per heavy atom. The lowest BCUT2D eigenvalue weighted by molar-refractivity contribution is 0.0544. The summed E-state index contributed by atoms with van der Waals surface area (Å²) in [6.45, 7) is 6.06. The Balaban J connectivity index is 1.77. The van der Waals surface area contributed by atoms with E-state index in [0.29, 0.717) is 11.7 Å². The van der Waals surface area contributed by atoms with E-state index >= 15 is 0 Å². The molecule has 6 heteroatoms. The second-order valence-corrected chi connectivity index (χ2v) is 7.60. The molecule has 0 radical (unpaired) electrons. The first-order valence-corrected chi connectivity index (χ1v) is 9.16. The van der Waals surface area contributed by atoms with Gasteiger partial charge in [0, 0.05) is 23.8 Å². The number of carbonyl (C=O) groups excluding carboxylic acids is 1. The van der Waals surface area contributed by atoms with E-state index in [4.69, 9.17) is 17.0 Å². The number of hydrogen-bond acceptors (Lipinski definition) is 3. The molecule has 0 saturated heterocycles. The molecule has 3 aromatic rings. The van der Waals surface area contributed by atoms with Crippen molar-refractivity contribution in [2.75, 3.05) is 5.32 Å². The van der Waals surface area contributed by atoms with E-state index in [-0.39, 0.29) is 0 Å². The molecule has 0 atom stereocenters. The molecule has 5 nitrogen and oxygen atoms in total. The number of carbonyl (C=O) groups is 1. The van der Waals surface area contributed by atoms with Crippen LogP contribution in [0.4, 0.5) is 10.5 Å². The van der Waals surface area contributed by atoms with Gasteiger partial charge in [-0.3, -0.25) is 4.57 Å². The molecule has 140 valence electrons. The summed E-state index contributed by atoms with van der Waals surface area (Å²) in [4.78, 5) is 12.5. The highest BCUT2D eigenvalue weighted by Gasteiger charge is 2.20. The molecule has 0 aliphatic heterocycles. The van der Waals surface area contributed by atoms with Gasteiger partial charge < -0.3 is 15.4 Å². The Morgan fingerprint density at radius 3 is 2.44 bits per heavy atom. The topological polar surface area (TPSA) is 55.3 Å². The van der Waals surface area contributed by atoms with E-state index in [2.05, 4.69) is 10.6 Å². The molecule has 0 unspecified atom stereocenters. The highest BCUT2D eigenvalue weighted by atomic mass is 32.1. The highest BCUT2D eigenvalue weighted by molar-refractivity contribution is 7.80. The molecular formula is C21H23N3O2S. The summed E-state index contributed by atoms with van der Waals surface area (Å²) in [6, 6.07) is 17.5. The summed E-state index contributed by atoms with van der Waals surface area (Å²) in [5.74, 6) is 0. The fourth-order valence-corrected chi connectivity index (χ4v) is 2.92. The molecular weight excluding hydrogens is 358 g/mol. The van der Waals surface area contributed by atoms with Crippen LogP contribution in [0.15, 0.2) is 60.8 Å². The van der Waals surface area contributed by atoms with Gasteiger partial charge in [-0.25, -0.2) is 4.79 Å². The van der Waals surface area contributed by atoms with Crippen LogP contribution in [0.3, 0.4) is 0 Å². The number of aromatic nitrogens is 1. The molecule has 0 amide bonds.